The first-order valence-corrected chi connectivity index (χ1v) is 9.20. The Morgan fingerprint density at radius 3 is 2.41 bits per heavy atom. The highest BCUT2D eigenvalue weighted by atomic mass is 35.5. The molecule has 0 radical (unpaired) electrons. The van der Waals surface area contributed by atoms with Gasteiger partial charge in [0.2, 0.25) is 0 Å². The van der Waals surface area contributed by atoms with Crippen molar-refractivity contribution in [2.75, 3.05) is 10.6 Å². The largest absolute Gasteiger partial charge is 0.457 e. The van der Waals surface area contributed by atoms with Gasteiger partial charge in [0, 0.05) is 22.6 Å². The molecule has 0 aliphatic heterocycles. The Morgan fingerprint density at radius 1 is 1.03 bits per heavy atom. The highest BCUT2D eigenvalue weighted by molar-refractivity contribution is 6.30. The van der Waals surface area contributed by atoms with E-state index in [1.807, 2.05) is 49.4 Å². The van der Waals surface area contributed by atoms with Crippen molar-refractivity contribution in [2.45, 2.75) is 6.92 Å². The zero-order valence-electron chi connectivity index (χ0n) is 15.6. The third-order valence-corrected chi connectivity index (χ3v) is 4.26. The smallest absolute Gasteiger partial charge is 0.267 e. The van der Waals surface area contributed by atoms with Crippen LogP contribution < -0.4 is 15.4 Å². The maximum atomic E-state index is 12.4. The Kier molecular flexibility index (Phi) is 6.51. The van der Waals surface area contributed by atoms with Gasteiger partial charge in [0.1, 0.15) is 23.1 Å². The van der Waals surface area contributed by atoms with E-state index in [9.17, 15) is 10.1 Å². The summed E-state index contributed by atoms with van der Waals surface area (Å²) in [5, 5.41) is 15.5. The quantitative estimate of drug-likeness (QED) is 0.397. The maximum absolute atomic E-state index is 12.4. The number of hydrogen-bond donors (Lipinski definition) is 2. The molecule has 0 heterocycles. The summed E-state index contributed by atoms with van der Waals surface area (Å²) in [5.41, 5.74) is 2.15. The van der Waals surface area contributed by atoms with Gasteiger partial charge in [-0.2, -0.15) is 5.26 Å². The lowest BCUT2D eigenvalue weighted by Crippen LogP contribution is -2.14. The zero-order valence-corrected chi connectivity index (χ0v) is 16.4. The summed E-state index contributed by atoms with van der Waals surface area (Å²) >= 11 is 5.98. The lowest BCUT2D eigenvalue weighted by molar-refractivity contribution is -0.112. The number of aryl methyl sites for hydroxylation is 1. The van der Waals surface area contributed by atoms with Crippen LogP contribution in [0.1, 0.15) is 5.56 Å². The second-order valence-electron chi connectivity index (χ2n) is 6.17. The fourth-order valence-electron chi connectivity index (χ4n) is 2.48. The van der Waals surface area contributed by atoms with E-state index in [1.165, 1.54) is 6.20 Å². The fraction of sp³-hybridized carbons (Fsp3) is 0.0435. The Labute approximate surface area is 174 Å². The van der Waals surface area contributed by atoms with Crippen LogP contribution in [-0.2, 0) is 4.79 Å². The van der Waals surface area contributed by atoms with E-state index in [1.54, 1.807) is 36.4 Å². The maximum Gasteiger partial charge on any atom is 0.267 e. The molecule has 0 saturated heterocycles. The van der Waals surface area contributed by atoms with Crippen molar-refractivity contribution < 1.29 is 9.53 Å². The number of para-hydroxylation sites is 1. The number of amides is 1. The molecule has 29 heavy (non-hydrogen) atoms. The molecule has 0 spiro atoms. The van der Waals surface area contributed by atoms with E-state index in [2.05, 4.69) is 10.6 Å². The van der Waals surface area contributed by atoms with Gasteiger partial charge < -0.3 is 15.4 Å². The van der Waals surface area contributed by atoms with Crippen LogP contribution >= 0.6 is 11.6 Å². The average Bonchev–Trinajstić information content (AvgIpc) is 2.73. The Hall–Kier alpha value is -3.75. The molecule has 0 unspecified atom stereocenters. The number of benzene rings is 3. The van der Waals surface area contributed by atoms with Crippen LogP contribution in [-0.4, -0.2) is 5.91 Å². The molecule has 144 valence electrons. The summed E-state index contributed by atoms with van der Waals surface area (Å²) in [7, 11) is 0. The second kappa shape index (κ2) is 9.45. The molecular weight excluding hydrogens is 386 g/mol. The van der Waals surface area contributed by atoms with Gasteiger partial charge in [0.15, 0.2) is 0 Å². The van der Waals surface area contributed by atoms with Crippen molar-refractivity contribution in [1.29, 1.82) is 5.26 Å². The normalized spacial score (nSPS) is 10.7. The number of hydrogen-bond acceptors (Lipinski definition) is 4. The number of nitrogens with one attached hydrogen (secondary N) is 2. The van der Waals surface area contributed by atoms with Crippen molar-refractivity contribution in [2.24, 2.45) is 0 Å². The molecule has 3 aromatic rings. The van der Waals surface area contributed by atoms with Crippen molar-refractivity contribution in [3.8, 4) is 17.6 Å². The molecule has 6 heteroatoms. The molecular formula is C23H18ClN3O2. The highest BCUT2D eigenvalue weighted by Gasteiger charge is 2.10. The number of rotatable bonds is 6. The summed E-state index contributed by atoms with van der Waals surface area (Å²) < 4.78 is 5.72. The molecule has 0 aliphatic carbocycles. The molecule has 3 rings (SSSR count). The first-order valence-electron chi connectivity index (χ1n) is 8.82. The first kappa shape index (κ1) is 20.0. The Balaban J connectivity index is 1.64. The summed E-state index contributed by atoms with van der Waals surface area (Å²) in [6.45, 7) is 1.90. The molecule has 3 aromatic carbocycles. The summed E-state index contributed by atoms with van der Waals surface area (Å²) in [6.07, 6.45) is 1.36. The van der Waals surface area contributed by atoms with E-state index in [-0.39, 0.29) is 5.57 Å². The minimum absolute atomic E-state index is 0.0611. The van der Waals surface area contributed by atoms with Crippen LogP contribution in [0.4, 0.5) is 11.4 Å². The molecule has 0 atom stereocenters. The van der Waals surface area contributed by atoms with Gasteiger partial charge in [0.25, 0.3) is 5.91 Å². The molecule has 0 bridgehead atoms. The van der Waals surface area contributed by atoms with Gasteiger partial charge in [-0.05, 0) is 61.0 Å². The van der Waals surface area contributed by atoms with Crippen LogP contribution in [0.5, 0.6) is 11.5 Å². The first-order chi connectivity index (χ1) is 14.0. The van der Waals surface area contributed by atoms with Crippen molar-refractivity contribution >= 4 is 28.9 Å². The number of carbonyl (C=O) groups excluding carboxylic acids is 1. The van der Waals surface area contributed by atoms with E-state index < -0.39 is 5.91 Å². The molecule has 0 saturated carbocycles. The number of halogens is 1. The predicted molar refractivity (Wildman–Crippen MR) is 115 cm³/mol. The summed E-state index contributed by atoms with van der Waals surface area (Å²) in [5.74, 6) is 0.848. The SMILES string of the molecule is Cc1ccc(Cl)cc1N/C=C(/C#N)C(=O)Nc1ccc(Oc2ccccc2)cc1. The van der Waals surface area contributed by atoms with Gasteiger partial charge in [-0.25, -0.2) is 0 Å². The van der Waals surface area contributed by atoms with E-state index in [0.717, 1.165) is 17.0 Å². The van der Waals surface area contributed by atoms with Gasteiger partial charge in [-0.1, -0.05) is 35.9 Å². The van der Waals surface area contributed by atoms with Crippen molar-refractivity contribution in [3.05, 3.63) is 95.2 Å². The molecule has 5 nitrogen and oxygen atoms in total. The van der Waals surface area contributed by atoms with Gasteiger partial charge >= 0.3 is 0 Å². The molecule has 0 aliphatic rings. The minimum Gasteiger partial charge on any atom is -0.457 e. The third-order valence-electron chi connectivity index (χ3n) is 4.03. The van der Waals surface area contributed by atoms with Crippen LogP contribution in [0, 0.1) is 18.3 Å². The average molecular weight is 404 g/mol. The summed E-state index contributed by atoms with van der Waals surface area (Å²) in [4.78, 5) is 12.4. The predicted octanol–water partition coefficient (Wildman–Crippen LogP) is 5.90. The van der Waals surface area contributed by atoms with Crippen molar-refractivity contribution in [1.82, 2.24) is 0 Å². The Bertz CT molecular complexity index is 1070. The van der Waals surface area contributed by atoms with Crippen molar-refractivity contribution in [3.63, 3.8) is 0 Å². The molecule has 0 fully saturated rings. The second-order valence-corrected chi connectivity index (χ2v) is 6.60. The zero-order chi connectivity index (χ0) is 20.6. The lowest BCUT2D eigenvalue weighted by atomic mass is 10.2. The number of anilines is 2. The van der Waals surface area contributed by atoms with Crippen LogP contribution in [0.15, 0.2) is 84.6 Å². The minimum atomic E-state index is -0.517. The van der Waals surface area contributed by atoms with Crippen LogP contribution in [0.25, 0.3) is 0 Å². The number of nitriles is 1. The van der Waals surface area contributed by atoms with Gasteiger partial charge in [-0.15, -0.1) is 0 Å². The standard InChI is InChI=1S/C23H18ClN3O2/c1-16-7-8-18(24)13-22(16)26-15-17(14-25)23(28)27-19-9-11-21(12-10-19)29-20-5-3-2-4-6-20/h2-13,15,26H,1H3,(H,27,28)/b17-15-. The number of ether oxygens (including phenoxy) is 1. The van der Waals surface area contributed by atoms with Crippen LogP contribution in [0.2, 0.25) is 5.02 Å². The van der Waals surface area contributed by atoms with Gasteiger partial charge in [0.05, 0.1) is 0 Å². The Morgan fingerprint density at radius 2 is 1.72 bits per heavy atom. The molecule has 1 amide bonds. The van der Waals surface area contributed by atoms with E-state index >= 15 is 0 Å². The number of nitrogens with zero attached hydrogens (tertiary/aromatic N) is 1. The van der Waals surface area contributed by atoms with E-state index in [4.69, 9.17) is 16.3 Å². The van der Waals surface area contributed by atoms with E-state index in [0.29, 0.717) is 16.5 Å². The fourth-order valence-corrected chi connectivity index (χ4v) is 2.65. The third kappa shape index (κ3) is 5.61. The monoisotopic (exact) mass is 403 g/mol. The topological polar surface area (TPSA) is 74.2 Å². The highest BCUT2D eigenvalue weighted by Crippen LogP contribution is 2.23. The van der Waals surface area contributed by atoms with Gasteiger partial charge in [-0.3, -0.25) is 4.79 Å². The lowest BCUT2D eigenvalue weighted by Gasteiger charge is -2.09. The summed E-state index contributed by atoms with van der Waals surface area (Å²) in [6, 6.07) is 23.5. The number of carbonyl (C=O) groups is 1. The molecule has 2 N–H and O–H groups in total. The molecule has 0 aromatic heterocycles. The van der Waals surface area contributed by atoms with Crippen LogP contribution in [0.3, 0.4) is 0 Å².